The van der Waals surface area contributed by atoms with Gasteiger partial charge in [-0.05, 0) is 51.9 Å². The smallest absolute Gasteiger partial charge is 0.162 e. The maximum Gasteiger partial charge on any atom is 0.162 e. The van der Waals surface area contributed by atoms with Gasteiger partial charge in [0, 0.05) is 23.2 Å². The van der Waals surface area contributed by atoms with Gasteiger partial charge in [-0.1, -0.05) is 50.2 Å². The number of hydrogen-bond acceptors (Lipinski definition) is 4. The van der Waals surface area contributed by atoms with Crippen LogP contribution in [0.2, 0.25) is 0 Å². The molecule has 0 aromatic heterocycles. The molecule has 1 heterocycles. The fourth-order valence-electron chi connectivity index (χ4n) is 4.96. The Morgan fingerprint density at radius 1 is 1.07 bits per heavy atom. The number of rotatable bonds is 2. The average molecular weight is 399 g/mol. The highest BCUT2D eigenvalue weighted by atomic mass is 16.5. The first-order chi connectivity index (χ1) is 14.4. The van der Waals surface area contributed by atoms with Crippen LogP contribution in [0.5, 0.6) is 11.5 Å². The van der Waals surface area contributed by atoms with Crippen molar-refractivity contribution >= 4 is 27.8 Å². The summed E-state index contributed by atoms with van der Waals surface area (Å²) in [4.78, 5) is 13.4. The zero-order valence-electron chi connectivity index (χ0n) is 17.5. The van der Waals surface area contributed by atoms with Crippen LogP contribution in [-0.2, 0) is 4.79 Å². The molecule has 3 aromatic carbocycles. The second kappa shape index (κ2) is 6.63. The SMILES string of the molecule is COc1cc([C@@H]2Nc3ccc4ccccc4c3C3=C2C(=O)CC(C)(C)C3)ccc1O. The van der Waals surface area contributed by atoms with Crippen molar-refractivity contribution in [1.82, 2.24) is 0 Å². The Morgan fingerprint density at radius 2 is 1.87 bits per heavy atom. The number of ether oxygens (including phenoxy) is 1. The summed E-state index contributed by atoms with van der Waals surface area (Å²) in [7, 11) is 1.54. The zero-order chi connectivity index (χ0) is 21.0. The molecule has 1 aliphatic heterocycles. The molecular formula is C26H25NO3. The lowest BCUT2D eigenvalue weighted by Crippen LogP contribution is -2.33. The van der Waals surface area contributed by atoms with Crippen LogP contribution in [0.3, 0.4) is 0 Å². The van der Waals surface area contributed by atoms with Gasteiger partial charge in [-0.2, -0.15) is 0 Å². The third kappa shape index (κ3) is 2.86. The molecule has 0 spiro atoms. The Balaban J connectivity index is 1.78. The highest BCUT2D eigenvalue weighted by Gasteiger charge is 2.40. The molecule has 0 bridgehead atoms. The lowest BCUT2D eigenvalue weighted by atomic mass is 9.68. The minimum atomic E-state index is -0.272. The summed E-state index contributed by atoms with van der Waals surface area (Å²) in [5.41, 5.74) is 4.98. The van der Waals surface area contributed by atoms with Crippen LogP contribution in [0.1, 0.15) is 43.9 Å². The third-order valence-electron chi connectivity index (χ3n) is 6.28. The van der Waals surface area contributed by atoms with Crippen molar-refractivity contribution in [2.45, 2.75) is 32.7 Å². The Kier molecular flexibility index (Phi) is 4.14. The van der Waals surface area contributed by atoms with Crippen molar-refractivity contribution in [2.24, 2.45) is 5.41 Å². The molecule has 0 radical (unpaired) electrons. The number of hydrogen-bond donors (Lipinski definition) is 2. The van der Waals surface area contributed by atoms with Crippen molar-refractivity contribution < 1.29 is 14.6 Å². The Bertz CT molecular complexity index is 1220. The van der Waals surface area contributed by atoms with Gasteiger partial charge in [-0.3, -0.25) is 4.79 Å². The molecule has 0 amide bonds. The molecule has 1 aliphatic carbocycles. The summed E-state index contributed by atoms with van der Waals surface area (Å²) < 4.78 is 5.32. The van der Waals surface area contributed by atoms with Crippen molar-refractivity contribution in [1.29, 1.82) is 0 Å². The number of phenols is 1. The van der Waals surface area contributed by atoms with E-state index in [1.54, 1.807) is 6.07 Å². The fourth-order valence-corrected chi connectivity index (χ4v) is 4.96. The molecule has 4 nitrogen and oxygen atoms in total. The normalized spacial score (nSPS) is 19.8. The standard InChI is InChI=1S/C26H25NO3/c1-26(2)13-18-23-17-7-5-4-6-15(17)8-10-19(23)27-25(24(18)21(29)14-26)16-9-11-20(28)22(12-16)30-3/h4-12,25,27-28H,13-14H2,1-3H3/t25-/m0/s1. The summed E-state index contributed by atoms with van der Waals surface area (Å²) in [6.45, 7) is 4.33. The molecule has 30 heavy (non-hydrogen) atoms. The maximum atomic E-state index is 13.4. The lowest BCUT2D eigenvalue weighted by Gasteiger charge is -2.40. The average Bonchev–Trinajstić information content (AvgIpc) is 2.72. The number of fused-ring (bicyclic) bond motifs is 4. The van der Waals surface area contributed by atoms with E-state index in [1.165, 1.54) is 17.9 Å². The number of benzene rings is 3. The van der Waals surface area contributed by atoms with Crippen molar-refractivity contribution in [2.75, 3.05) is 12.4 Å². The number of aromatic hydroxyl groups is 1. The largest absolute Gasteiger partial charge is 0.504 e. The zero-order valence-corrected chi connectivity index (χ0v) is 17.5. The van der Waals surface area contributed by atoms with Gasteiger partial charge in [-0.15, -0.1) is 0 Å². The van der Waals surface area contributed by atoms with Crippen LogP contribution in [0, 0.1) is 5.41 Å². The number of carbonyl (C=O) groups excluding carboxylic acids is 1. The van der Waals surface area contributed by atoms with Crippen LogP contribution in [-0.4, -0.2) is 18.0 Å². The molecule has 3 aromatic rings. The van der Waals surface area contributed by atoms with Gasteiger partial charge < -0.3 is 15.2 Å². The second-order valence-electron chi connectivity index (χ2n) is 9.05. The van der Waals surface area contributed by atoms with E-state index >= 15 is 0 Å². The van der Waals surface area contributed by atoms with E-state index in [0.29, 0.717) is 12.2 Å². The van der Waals surface area contributed by atoms with Crippen LogP contribution < -0.4 is 10.1 Å². The van der Waals surface area contributed by atoms with Crippen molar-refractivity contribution in [3.05, 3.63) is 71.3 Å². The predicted octanol–water partition coefficient (Wildman–Crippen LogP) is 5.86. The van der Waals surface area contributed by atoms with E-state index in [1.807, 2.05) is 18.2 Å². The first-order valence-electron chi connectivity index (χ1n) is 10.3. The molecular weight excluding hydrogens is 374 g/mol. The van der Waals surface area contributed by atoms with E-state index in [9.17, 15) is 9.90 Å². The topological polar surface area (TPSA) is 58.6 Å². The molecule has 152 valence electrons. The summed E-state index contributed by atoms with van der Waals surface area (Å²) in [5.74, 6) is 0.683. The molecule has 0 unspecified atom stereocenters. The summed E-state index contributed by atoms with van der Waals surface area (Å²) in [6.07, 6.45) is 1.38. The maximum absolute atomic E-state index is 13.4. The van der Waals surface area contributed by atoms with Crippen LogP contribution in [0.15, 0.2) is 60.2 Å². The van der Waals surface area contributed by atoms with Gasteiger partial charge in [-0.25, -0.2) is 0 Å². The van der Waals surface area contributed by atoms with Gasteiger partial charge in [0.15, 0.2) is 17.3 Å². The number of anilines is 1. The summed E-state index contributed by atoms with van der Waals surface area (Å²) >= 11 is 0. The van der Waals surface area contributed by atoms with E-state index in [0.717, 1.165) is 34.4 Å². The highest BCUT2D eigenvalue weighted by molar-refractivity contribution is 6.12. The second-order valence-corrected chi connectivity index (χ2v) is 9.05. The molecule has 5 rings (SSSR count). The molecule has 1 atom stereocenters. The first kappa shape index (κ1) is 18.7. The summed E-state index contributed by atoms with van der Waals surface area (Å²) in [6, 6.07) is 17.6. The van der Waals surface area contributed by atoms with Crippen molar-refractivity contribution in [3.8, 4) is 11.5 Å². The molecule has 0 fully saturated rings. The van der Waals surface area contributed by atoms with Gasteiger partial charge in [0.2, 0.25) is 0 Å². The third-order valence-corrected chi connectivity index (χ3v) is 6.28. The van der Waals surface area contributed by atoms with E-state index in [-0.39, 0.29) is 23.0 Å². The molecule has 0 saturated heterocycles. The highest BCUT2D eigenvalue weighted by Crippen LogP contribution is 2.52. The van der Waals surface area contributed by atoms with E-state index < -0.39 is 0 Å². The monoisotopic (exact) mass is 399 g/mol. The molecule has 4 heteroatoms. The van der Waals surface area contributed by atoms with E-state index in [2.05, 4.69) is 49.5 Å². The lowest BCUT2D eigenvalue weighted by molar-refractivity contribution is -0.118. The van der Waals surface area contributed by atoms with Crippen LogP contribution in [0.25, 0.3) is 16.3 Å². The van der Waals surface area contributed by atoms with E-state index in [4.69, 9.17) is 4.74 Å². The van der Waals surface area contributed by atoms with Gasteiger partial charge in [0.25, 0.3) is 0 Å². The molecule has 2 aliphatic rings. The number of allylic oxidation sites excluding steroid dienone is 1. The number of ketones is 1. The predicted molar refractivity (Wildman–Crippen MR) is 120 cm³/mol. The van der Waals surface area contributed by atoms with Crippen LogP contribution in [0.4, 0.5) is 5.69 Å². The number of carbonyl (C=O) groups is 1. The Hall–Kier alpha value is -3.27. The van der Waals surface area contributed by atoms with Gasteiger partial charge in [0.05, 0.1) is 13.2 Å². The quantitative estimate of drug-likeness (QED) is 0.566. The number of phenolic OH excluding ortho intramolecular Hbond substituents is 1. The van der Waals surface area contributed by atoms with Gasteiger partial charge in [0.1, 0.15) is 0 Å². The molecule has 2 N–H and O–H groups in total. The Morgan fingerprint density at radius 3 is 2.67 bits per heavy atom. The number of Topliss-reactive ketones (excluding diaryl/α,β-unsaturated/α-hetero) is 1. The van der Waals surface area contributed by atoms with Crippen LogP contribution >= 0.6 is 0 Å². The molecule has 0 saturated carbocycles. The minimum absolute atomic E-state index is 0.0847. The summed E-state index contributed by atoms with van der Waals surface area (Å²) in [5, 5.41) is 16.0. The Labute approximate surface area is 176 Å². The van der Waals surface area contributed by atoms with Gasteiger partial charge >= 0.3 is 0 Å². The minimum Gasteiger partial charge on any atom is -0.504 e. The number of methoxy groups -OCH3 is 1. The fraction of sp³-hybridized carbons (Fsp3) is 0.269. The number of nitrogens with one attached hydrogen (secondary N) is 1. The first-order valence-corrected chi connectivity index (χ1v) is 10.3. The van der Waals surface area contributed by atoms with Crippen molar-refractivity contribution in [3.63, 3.8) is 0 Å².